The number of amides is 2. The number of likely N-dealkylation sites (tertiary alicyclic amines) is 1. The maximum Gasteiger partial charge on any atom is 0.253 e. The Bertz CT molecular complexity index is 855. The van der Waals surface area contributed by atoms with Gasteiger partial charge in [0.15, 0.2) is 0 Å². The Balaban J connectivity index is 1.68. The average molecular weight is 394 g/mol. The smallest absolute Gasteiger partial charge is 0.253 e. The third kappa shape index (κ3) is 4.52. The number of para-hydroxylation sites is 1. The van der Waals surface area contributed by atoms with E-state index in [4.69, 9.17) is 0 Å². The molecule has 0 bridgehead atoms. The lowest BCUT2D eigenvalue weighted by molar-refractivity contribution is -0.131. The van der Waals surface area contributed by atoms with E-state index in [1.807, 2.05) is 6.92 Å². The van der Waals surface area contributed by atoms with E-state index in [0.717, 1.165) is 5.69 Å². The summed E-state index contributed by atoms with van der Waals surface area (Å²) in [6.45, 7) is 1.57. The number of hydrogen-bond acceptors (Lipinski definition) is 3. The molecule has 1 saturated heterocycles. The van der Waals surface area contributed by atoms with Crippen molar-refractivity contribution in [1.82, 2.24) is 20.0 Å². The molecule has 0 radical (unpaired) electrons. The van der Waals surface area contributed by atoms with Crippen LogP contribution in [0.1, 0.15) is 28.9 Å². The van der Waals surface area contributed by atoms with Crippen LogP contribution in [-0.2, 0) is 4.79 Å². The number of hydrogen-bond donors (Lipinski definition) is 1. The van der Waals surface area contributed by atoms with Gasteiger partial charge in [0.05, 0.1) is 29.5 Å². The third-order valence-corrected chi connectivity index (χ3v) is 4.61. The molecule has 0 spiro atoms. The third-order valence-electron chi connectivity index (χ3n) is 4.61. The van der Waals surface area contributed by atoms with Crippen molar-refractivity contribution in [3.8, 4) is 5.69 Å². The zero-order valence-corrected chi connectivity index (χ0v) is 15.3. The number of benzene rings is 1. The molecule has 2 heterocycles. The quantitative estimate of drug-likeness (QED) is 0.819. The number of carbonyl (C=O) groups excluding carboxylic acids is 2. The summed E-state index contributed by atoms with van der Waals surface area (Å²) in [7, 11) is 0. The molecule has 2 aromatic rings. The van der Waals surface area contributed by atoms with Gasteiger partial charge in [-0.1, -0.05) is 12.1 Å². The van der Waals surface area contributed by atoms with Crippen LogP contribution >= 0.6 is 0 Å². The standard InChI is InChI=1S/C19H21F3N4O2/c1-12-8-9-26(24-12)16-5-3-2-4-13(16)19(28)23-15-11-25(10-14(15)20)18(27)7-6-17(21)22/h2-5,8-9,14-15,17H,6-7,10-11H2,1H3,(H,23,28)/t14-,15+/m0/s1. The van der Waals surface area contributed by atoms with Gasteiger partial charge in [0.2, 0.25) is 12.3 Å². The Kier molecular flexibility index (Phi) is 6.01. The molecule has 0 aliphatic carbocycles. The molecular weight excluding hydrogens is 373 g/mol. The van der Waals surface area contributed by atoms with Gasteiger partial charge in [-0.15, -0.1) is 0 Å². The predicted molar refractivity (Wildman–Crippen MR) is 96.3 cm³/mol. The molecule has 28 heavy (non-hydrogen) atoms. The fourth-order valence-corrected chi connectivity index (χ4v) is 3.16. The highest BCUT2D eigenvalue weighted by Gasteiger charge is 2.36. The number of rotatable bonds is 6. The van der Waals surface area contributed by atoms with Gasteiger partial charge in [-0.2, -0.15) is 5.10 Å². The summed E-state index contributed by atoms with van der Waals surface area (Å²) < 4.78 is 40.4. The van der Waals surface area contributed by atoms with Crippen molar-refractivity contribution in [3.63, 3.8) is 0 Å². The molecule has 1 N–H and O–H groups in total. The second-order valence-corrected chi connectivity index (χ2v) is 6.74. The highest BCUT2D eigenvalue weighted by Crippen LogP contribution is 2.19. The van der Waals surface area contributed by atoms with Gasteiger partial charge in [-0.25, -0.2) is 17.9 Å². The molecule has 3 rings (SSSR count). The fourth-order valence-electron chi connectivity index (χ4n) is 3.16. The fraction of sp³-hybridized carbons (Fsp3) is 0.421. The zero-order chi connectivity index (χ0) is 20.3. The maximum absolute atomic E-state index is 14.3. The lowest BCUT2D eigenvalue weighted by Gasteiger charge is -2.17. The highest BCUT2D eigenvalue weighted by molar-refractivity contribution is 5.98. The zero-order valence-electron chi connectivity index (χ0n) is 15.3. The summed E-state index contributed by atoms with van der Waals surface area (Å²) in [4.78, 5) is 25.8. The number of aryl methyl sites for hydroxylation is 1. The Hall–Kier alpha value is -2.84. The van der Waals surface area contributed by atoms with Crippen LogP contribution < -0.4 is 5.32 Å². The summed E-state index contributed by atoms with van der Waals surface area (Å²) in [6.07, 6.45) is -3.21. The number of halogens is 3. The molecule has 2 amide bonds. The molecule has 1 fully saturated rings. The lowest BCUT2D eigenvalue weighted by atomic mass is 10.1. The van der Waals surface area contributed by atoms with Gasteiger partial charge in [-0.05, 0) is 25.1 Å². The molecule has 1 aliphatic heterocycles. The van der Waals surface area contributed by atoms with E-state index in [9.17, 15) is 22.8 Å². The van der Waals surface area contributed by atoms with E-state index in [1.54, 1.807) is 41.2 Å². The van der Waals surface area contributed by atoms with E-state index >= 15 is 0 Å². The van der Waals surface area contributed by atoms with Crippen molar-refractivity contribution in [3.05, 3.63) is 47.8 Å². The van der Waals surface area contributed by atoms with Crippen LogP contribution in [0.15, 0.2) is 36.5 Å². The number of nitrogens with zero attached hydrogens (tertiary/aromatic N) is 3. The predicted octanol–water partition coefficient (Wildman–Crippen LogP) is 2.50. The molecule has 1 aromatic heterocycles. The Labute approximate surface area is 160 Å². The second-order valence-electron chi connectivity index (χ2n) is 6.74. The van der Waals surface area contributed by atoms with E-state index < -0.39 is 36.9 Å². The number of alkyl halides is 3. The van der Waals surface area contributed by atoms with E-state index in [-0.39, 0.29) is 19.5 Å². The molecular formula is C19H21F3N4O2. The summed E-state index contributed by atoms with van der Waals surface area (Å²) in [5.41, 5.74) is 1.65. The van der Waals surface area contributed by atoms with Crippen molar-refractivity contribution >= 4 is 11.8 Å². The topological polar surface area (TPSA) is 67.2 Å². The molecule has 9 heteroatoms. The monoisotopic (exact) mass is 394 g/mol. The summed E-state index contributed by atoms with van der Waals surface area (Å²) in [5, 5.41) is 6.90. The van der Waals surface area contributed by atoms with Crippen LogP contribution in [0.3, 0.4) is 0 Å². The first-order valence-electron chi connectivity index (χ1n) is 8.97. The number of nitrogens with one attached hydrogen (secondary N) is 1. The Morgan fingerprint density at radius 2 is 2.00 bits per heavy atom. The summed E-state index contributed by atoms with van der Waals surface area (Å²) in [5.74, 6) is -1.02. The number of aromatic nitrogens is 2. The molecule has 1 aromatic carbocycles. The van der Waals surface area contributed by atoms with Crippen molar-refractivity contribution in [2.75, 3.05) is 13.1 Å². The lowest BCUT2D eigenvalue weighted by Crippen LogP contribution is -2.42. The van der Waals surface area contributed by atoms with E-state index in [1.165, 1.54) is 4.90 Å². The van der Waals surface area contributed by atoms with Crippen molar-refractivity contribution in [1.29, 1.82) is 0 Å². The van der Waals surface area contributed by atoms with Gasteiger partial charge in [-0.3, -0.25) is 9.59 Å². The molecule has 0 unspecified atom stereocenters. The minimum Gasteiger partial charge on any atom is -0.344 e. The van der Waals surface area contributed by atoms with Gasteiger partial charge in [0.1, 0.15) is 6.17 Å². The first-order valence-corrected chi connectivity index (χ1v) is 8.97. The molecule has 6 nitrogen and oxygen atoms in total. The normalized spacial score (nSPS) is 19.2. The summed E-state index contributed by atoms with van der Waals surface area (Å²) in [6, 6.07) is 7.69. The van der Waals surface area contributed by atoms with Crippen LogP contribution in [0.5, 0.6) is 0 Å². The minimum atomic E-state index is -2.58. The Morgan fingerprint density at radius 1 is 1.25 bits per heavy atom. The first-order chi connectivity index (χ1) is 13.3. The van der Waals surface area contributed by atoms with Gasteiger partial charge < -0.3 is 10.2 Å². The van der Waals surface area contributed by atoms with Crippen molar-refractivity contribution in [2.24, 2.45) is 0 Å². The van der Waals surface area contributed by atoms with E-state index in [0.29, 0.717) is 11.3 Å². The van der Waals surface area contributed by atoms with Gasteiger partial charge in [0.25, 0.3) is 5.91 Å². The van der Waals surface area contributed by atoms with Crippen molar-refractivity contribution in [2.45, 2.75) is 38.4 Å². The molecule has 0 saturated carbocycles. The van der Waals surface area contributed by atoms with Gasteiger partial charge >= 0.3 is 0 Å². The van der Waals surface area contributed by atoms with E-state index in [2.05, 4.69) is 10.4 Å². The maximum atomic E-state index is 14.3. The highest BCUT2D eigenvalue weighted by atomic mass is 19.3. The number of carbonyl (C=O) groups is 2. The Morgan fingerprint density at radius 3 is 2.68 bits per heavy atom. The largest absolute Gasteiger partial charge is 0.344 e. The van der Waals surface area contributed by atoms with Crippen LogP contribution in [-0.4, -0.2) is 58.2 Å². The van der Waals surface area contributed by atoms with Crippen LogP contribution in [0.2, 0.25) is 0 Å². The minimum absolute atomic E-state index is 0.0436. The average Bonchev–Trinajstić information content (AvgIpc) is 3.25. The van der Waals surface area contributed by atoms with Crippen LogP contribution in [0.4, 0.5) is 13.2 Å². The van der Waals surface area contributed by atoms with Crippen molar-refractivity contribution < 1.29 is 22.8 Å². The van der Waals surface area contributed by atoms with Gasteiger partial charge in [0, 0.05) is 25.6 Å². The molecule has 150 valence electrons. The molecule has 2 atom stereocenters. The first kappa shape index (κ1) is 19.9. The SMILES string of the molecule is Cc1ccn(-c2ccccc2C(=O)N[C@@H]2CN(C(=O)CCC(F)F)C[C@@H]2F)n1. The second kappa shape index (κ2) is 8.45. The molecule has 1 aliphatic rings. The van der Waals surface area contributed by atoms with Crippen LogP contribution in [0, 0.1) is 6.92 Å². The van der Waals surface area contributed by atoms with Crippen LogP contribution in [0.25, 0.3) is 5.69 Å². The summed E-state index contributed by atoms with van der Waals surface area (Å²) >= 11 is 0.